The summed E-state index contributed by atoms with van der Waals surface area (Å²) in [7, 11) is 0. The van der Waals surface area contributed by atoms with Crippen LogP contribution >= 0.6 is 0 Å². The molecular weight excluding hydrogens is 716 g/mol. The van der Waals surface area contributed by atoms with Gasteiger partial charge in [-0.2, -0.15) is 0 Å². The molecule has 18 atom stereocenters. The number of hydrogen-bond donors (Lipinski definition) is 8. The number of hydrogen-bond acceptors (Lipinski definition) is 13. The Hall–Kier alpha value is -1.72. The molecule has 0 radical (unpaired) electrons. The Morgan fingerprint density at radius 2 is 1.44 bits per heavy atom. The zero-order valence-corrected chi connectivity index (χ0v) is 33.3. The highest BCUT2D eigenvalue weighted by Crippen LogP contribution is 2.76. The van der Waals surface area contributed by atoms with Crippen LogP contribution in [0.2, 0.25) is 0 Å². The van der Waals surface area contributed by atoms with E-state index in [2.05, 4.69) is 54.5 Å². The van der Waals surface area contributed by atoms with E-state index in [4.69, 9.17) is 18.9 Å². The number of aliphatic carboxylic acids is 1. The first kappa shape index (κ1) is 41.4. The minimum Gasteiger partial charge on any atom is -0.479 e. The zero-order valence-electron chi connectivity index (χ0n) is 33.3. The second-order valence-electron chi connectivity index (χ2n) is 20.4. The van der Waals surface area contributed by atoms with Crippen molar-refractivity contribution in [3.8, 4) is 0 Å². The largest absolute Gasteiger partial charge is 0.479 e. The normalized spacial score (nSPS) is 53.0. The number of aliphatic hydroxyl groups is 7. The molecule has 0 aromatic rings. The number of ether oxygens (including phenoxy) is 4. The summed E-state index contributed by atoms with van der Waals surface area (Å²) in [5.74, 6) is -2.07. The van der Waals surface area contributed by atoms with Gasteiger partial charge in [-0.3, -0.25) is 4.79 Å². The van der Waals surface area contributed by atoms with Crippen LogP contribution in [0.25, 0.3) is 0 Å². The fourth-order valence-electron chi connectivity index (χ4n) is 13.4. The van der Waals surface area contributed by atoms with Crippen molar-refractivity contribution in [1.29, 1.82) is 0 Å². The van der Waals surface area contributed by atoms with Crippen LogP contribution in [0.15, 0.2) is 11.6 Å². The van der Waals surface area contributed by atoms with Gasteiger partial charge in [-0.1, -0.05) is 60.1 Å². The van der Waals surface area contributed by atoms with E-state index in [1.807, 2.05) is 0 Å². The molecule has 0 bridgehead atoms. The van der Waals surface area contributed by atoms with Crippen LogP contribution in [0, 0.1) is 50.2 Å². The third-order valence-corrected chi connectivity index (χ3v) is 16.8. The van der Waals surface area contributed by atoms with Crippen LogP contribution in [0.3, 0.4) is 0 Å². The topological polar surface area (TPSA) is 233 Å². The Kier molecular flexibility index (Phi) is 10.3. The molecule has 4 saturated carbocycles. The molecule has 6 fully saturated rings. The van der Waals surface area contributed by atoms with Crippen LogP contribution in [-0.2, 0) is 28.5 Å². The van der Waals surface area contributed by atoms with Crippen LogP contribution in [0.4, 0.5) is 0 Å². The monoisotopic (exact) mass is 780 g/mol. The summed E-state index contributed by atoms with van der Waals surface area (Å²) >= 11 is 0. The molecule has 5 aliphatic carbocycles. The number of carboxylic acid groups (broad SMARTS) is 1. The molecule has 2 heterocycles. The SMILES string of the molecule is CC1(C)CC[C@]2(C(=O)O[C@H]3OC[C@@H](O)[C@@H](O)[C@H]3O)[C@H](C1)C1=CC[C@@H]3[C@]4(C)CC[C@H](O[C@H]5O[C@@H](C(=O)O)[C@@H](O)[C@@H](O)[C@H]5O)C(C)(C)[C@H]4CC[C@]3(C)[C@@]1(C)C[C@@H]2O. The van der Waals surface area contributed by atoms with Crippen molar-refractivity contribution < 1.29 is 69.4 Å². The molecule has 0 aromatic heterocycles. The Bertz CT molecular complexity index is 1550. The van der Waals surface area contributed by atoms with E-state index in [1.54, 1.807) is 0 Å². The second-order valence-corrected chi connectivity index (χ2v) is 20.4. The maximum Gasteiger partial charge on any atom is 0.335 e. The average molecular weight is 781 g/mol. The van der Waals surface area contributed by atoms with Crippen molar-refractivity contribution in [3.05, 3.63) is 11.6 Å². The van der Waals surface area contributed by atoms with E-state index < -0.39 is 95.7 Å². The van der Waals surface area contributed by atoms with E-state index in [0.717, 1.165) is 25.7 Å². The van der Waals surface area contributed by atoms with Gasteiger partial charge in [0.15, 0.2) is 12.4 Å². The third-order valence-electron chi connectivity index (χ3n) is 16.8. The van der Waals surface area contributed by atoms with Gasteiger partial charge in [0.05, 0.1) is 18.8 Å². The Morgan fingerprint density at radius 1 is 0.764 bits per heavy atom. The minimum atomic E-state index is -1.80. The lowest BCUT2D eigenvalue weighted by molar-refractivity contribution is -0.324. The molecule has 0 unspecified atom stereocenters. The van der Waals surface area contributed by atoms with Crippen LogP contribution in [0.1, 0.15) is 106 Å². The van der Waals surface area contributed by atoms with Gasteiger partial charge in [-0.05, 0) is 103 Å². The van der Waals surface area contributed by atoms with Crippen molar-refractivity contribution in [1.82, 2.24) is 0 Å². The molecule has 7 aliphatic rings. The molecule has 14 nitrogen and oxygen atoms in total. The summed E-state index contributed by atoms with van der Waals surface area (Å²) in [6.07, 6.45) is -7.51. The minimum absolute atomic E-state index is 0.119. The van der Waals surface area contributed by atoms with Gasteiger partial charge in [-0.25, -0.2) is 4.79 Å². The van der Waals surface area contributed by atoms with Crippen molar-refractivity contribution in [2.75, 3.05) is 6.61 Å². The maximum absolute atomic E-state index is 14.5. The molecule has 0 amide bonds. The summed E-state index contributed by atoms with van der Waals surface area (Å²) in [4.78, 5) is 26.3. The highest BCUT2D eigenvalue weighted by molar-refractivity contribution is 5.80. The molecule has 8 N–H and O–H groups in total. The highest BCUT2D eigenvalue weighted by Gasteiger charge is 2.72. The van der Waals surface area contributed by atoms with Crippen molar-refractivity contribution in [3.63, 3.8) is 0 Å². The molecule has 55 heavy (non-hydrogen) atoms. The van der Waals surface area contributed by atoms with Gasteiger partial charge in [-0.15, -0.1) is 0 Å². The highest BCUT2D eigenvalue weighted by atomic mass is 16.7. The number of carboxylic acids is 1. The predicted molar refractivity (Wildman–Crippen MR) is 193 cm³/mol. The molecule has 7 rings (SSSR count). The lowest BCUT2D eigenvalue weighted by Gasteiger charge is -2.71. The first-order valence-corrected chi connectivity index (χ1v) is 20.3. The zero-order chi connectivity index (χ0) is 40.4. The van der Waals surface area contributed by atoms with Gasteiger partial charge in [0, 0.05) is 0 Å². The first-order valence-electron chi connectivity index (χ1n) is 20.3. The molecule has 0 aromatic carbocycles. The summed E-state index contributed by atoms with van der Waals surface area (Å²) < 4.78 is 23.2. The summed E-state index contributed by atoms with van der Waals surface area (Å²) in [6, 6.07) is 0. The van der Waals surface area contributed by atoms with E-state index in [9.17, 15) is 50.4 Å². The smallest absolute Gasteiger partial charge is 0.335 e. The number of allylic oxidation sites excluding steroid dienone is 2. The van der Waals surface area contributed by atoms with Crippen molar-refractivity contribution in [2.24, 2.45) is 50.2 Å². The number of carbonyl (C=O) groups is 2. The second kappa shape index (κ2) is 13.7. The summed E-state index contributed by atoms with van der Waals surface area (Å²) in [5.41, 5.74) is -1.56. The van der Waals surface area contributed by atoms with Gasteiger partial charge in [0.2, 0.25) is 6.29 Å². The Labute approximate surface area is 323 Å². The van der Waals surface area contributed by atoms with Gasteiger partial charge < -0.3 is 59.8 Å². The van der Waals surface area contributed by atoms with Crippen LogP contribution in [-0.4, -0.2) is 127 Å². The third kappa shape index (κ3) is 6.01. The fraction of sp³-hybridized carbons (Fsp3) is 0.902. The van der Waals surface area contributed by atoms with E-state index in [-0.39, 0.29) is 40.6 Å². The number of aliphatic hydroxyl groups excluding tert-OH is 7. The molecule has 0 spiro atoms. The quantitative estimate of drug-likeness (QED) is 0.113. The van der Waals surface area contributed by atoms with Gasteiger partial charge in [0.25, 0.3) is 0 Å². The van der Waals surface area contributed by atoms with Crippen LogP contribution < -0.4 is 0 Å². The molecular formula is C41H64O14. The number of carbonyl (C=O) groups excluding carboxylic acids is 1. The maximum atomic E-state index is 14.5. The standard InChI is InChI=1S/C41H64O14/c1-36(2)14-15-41(35(51)55-33-29(47)26(44)21(42)18-52-33)20(16-36)19-8-9-23-38(5)12-11-25(53-34-30(48)27(45)28(46)31(54-34)32(49)50)37(3,4)22(38)10-13-39(23,6)40(19,7)17-24(41)43/h8,20-31,33-34,42-48H,9-18H2,1-7H3,(H,49,50)/t20-,21-,22-,23-,24+,25+,26-,27-,28+,29-,30-,31-,33-,34+,38-,39+,40+,41+/m1/s1. The van der Waals surface area contributed by atoms with Crippen molar-refractivity contribution >= 4 is 11.9 Å². The van der Waals surface area contributed by atoms with E-state index >= 15 is 0 Å². The first-order chi connectivity index (χ1) is 25.5. The lowest BCUT2D eigenvalue weighted by atomic mass is 9.33. The Balaban J connectivity index is 1.18. The van der Waals surface area contributed by atoms with Gasteiger partial charge in [0.1, 0.15) is 42.0 Å². The molecule has 2 saturated heterocycles. The van der Waals surface area contributed by atoms with E-state index in [1.165, 1.54) is 5.57 Å². The average Bonchev–Trinajstić information content (AvgIpc) is 3.09. The van der Waals surface area contributed by atoms with E-state index in [0.29, 0.717) is 32.1 Å². The van der Waals surface area contributed by atoms with Crippen LogP contribution in [0.5, 0.6) is 0 Å². The molecule has 312 valence electrons. The van der Waals surface area contributed by atoms with Gasteiger partial charge >= 0.3 is 11.9 Å². The Morgan fingerprint density at radius 3 is 2.11 bits per heavy atom. The lowest BCUT2D eigenvalue weighted by Crippen LogP contribution is -2.68. The summed E-state index contributed by atoms with van der Waals surface area (Å²) in [6.45, 7) is 15.4. The number of esters is 1. The molecule has 2 aliphatic heterocycles. The van der Waals surface area contributed by atoms with Crippen molar-refractivity contribution in [2.45, 2.75) is 174 Å². The predicted octanol–water partition coefficient (Wildman–Crippen LogP) is 2.02. The fourth-order valence-corrected chi connectivity index (χ4v) is 13.4. The summed E-state index contributed by atoms with van der Waals surface area (Å²) in [5, 5.41) is 84.4. The molecule has 14 heteroatoms. The number of fused-ring (bicyclic) bond motifs is 7. The number of rotatable bonds is 5.